The van der Waals surface area contributed by atoms with Crippen LogP contribution in [0.15, 0.2) is 18.2 Å². The van der Waals surface area contributed by atoms with Crippen LogP contribution < -0.4 is 5.73 Å². The van der Waals surface area contributed by atoms with E-state index in [1.165, 1.54) is 0 Å². The average molecular weight is 279 g/mol. The molecule has 0 bridgehead atoms. The zero-order chi connectivity index (χ0) is 15.0. The fourth-order valence-electron chi connectivity index (χ4n) is 1.69. The summed E-state index contributed by atoms with van der Waals surface area (Å²) < 4.78 is 51.0. The molecule has 0 aliphatic rings. The maximum absolute atomic E-state index is 13.2. The highest BCUT2D eigenvalue weighted by atomic mass is 19.4. The van der Waals surface area contributed by atoms with E-state index in [1.54, 1.807) is 20.8 Å². The molecule has 6 heteroatoms. The van der Waals surface area contributed by atoms with Gasteiger partial charge in [0.15, 0.2) is 0 Å². The van der Waals surface area contributed by atoms with Crippen molar-refractivity contribution in [1.82, 2.24) is 0 Å². The van der Waals surface area contributed by atoms with E-state index in [2.05, 4.69) is 0 Å². The van der Waals surface area contributed by atoms with Crippen LogP contribution in [0, 0.1) is 11.2 Å². The summed E-state index contributed by atoms with van der Waals surface area (Å²) in [6.45, 7) is 5.09. The minimum atomic E-state index is -4.65. The molecular weight excluding hydrogens is 262 g/mol. The van der Waals surface area contributed by atoms with Gasteiger partial charge in [0, 0.05) is 0 Å². The second kappa shape index (κ2) is 5.09. The minimum absolute atomic E-state index is 0.0743. The number of aliphatic hydroxyl groups is 1. The van der Waals surface area contributed by atoms with Crippen LogP contribution >= 0.6 is 0 Å². The lowest BCUT2D eigenvalue weighted by Crippen LogP contribution is -2.37. The molecule has 0 heterocycles. The maximum atomic E-state index is 13.2. The molecule has 0 unspecified atom stereocenters. The van der Waals surface area contributed by atoms with E-state index in [1.807, 2.05) is 0 Å². The van der Waals surface area contributed by atoms with Crippen LogP contribution in [0.25, 0.3) is 0 Å². The molecule has 1 aromatic rings. The Balaban J connectivity index is 3.18. The van der Waals surface area contributed by atoms with E-state index in [4.69, 9.17) is 5.73 Å². The van der Waals surface area contributed by atoms with Crippen molar-refractivity contribution < 1.29 is 22.7 Å². The van der Waals surface area contributed by atoms with Gasteiger partial charge in [0.25, 0.3) is 0 Å². The molecular formula is C13H17F4NO. The summed E-state index contributed by atoms with van der Waals surface area (Å²) in [6.07, 6.45) is -5.74. The van der Waals surface area contributed by atoms with Gasteiger partial charge in [0.05, 0.1) is 17.7 Å². The van der Waals surface area contributed by atoms with Crippen molar-refractivity contribution in [3.63, 3.8) is 0 Å². The zero-order valence-electron chi connectivity index (χ0n) is 10.9. The molecule has 0 radical (unpaired) electrons. The third-order valence-electron chi connectivity index (χ3n) is 2.86. The topological polar surface area (TPSA) is 46.2 Å². The van der Waals surface area contributed by atoms with Gasteiger partial charge in [-0.25, -0.2) is 4.39 Å². The first-order chi connectivity index (χ1) is 8.43. The van der Waals surface area contributed by atoms with Gasteiger partial charge in [-0.05, 0) is 29.2 Å². The summed E-state index contributed by atoms with van der Waals surface area (Å²) in [5.74, 6) is -1.03. The lowest BCUT2D eigenvalue weighted by Gasteiger charge is -2.31. The number of nitrogens with two attached hydrogens (primary N) is 1. The lowest BCUT2D eigenvalue weighted by atomic mass is 9.82. The van der Waals surface area contributed by atoms with Gasteiger partial charge in [0.2, 0.25) is 0 Å². The van der Waals surface area contributed by atoms with Gasteiger partial charge in [-0.3, -0.25) is 0 Å². The predicted octanol–water partition coefficient (Wildman–Crippen LogP) is 3.25. The van der Waals surface area contributed by atoms with E-state index >= 15 is 0 Å². The van der Waals surface area contributed by atoms with Crippen molar-refractivity contribution >= 4 is 0 Å². The molecule has 0 amide bonds. The first-order valence-electron chi connectivity index (χ1n) is 5.74. The van der Waals surface area contributed by atoms with Gasteiger partial charge in [-0.1, -0.05) is 20.8 Å². The smallest absolute Gasteiger partial charge is 0.391 e. The summed E-state index contributed by atoms with van der Waals surface area (Å²) in [5.41, 5.74) is 3.91. The summed E-state index contributed by atoms with van der Waals surface area (Å²) in [5, 5.41) is 9.96. The first-order valence-corrected chi connectivity index (χ1v) is 5.74. The Labute approximate surface area is 109 Å². The highest BCUT2D eigenvalue weighted by Gasteiger charge is 2.34. The van der Waals surface area contributed by atoms with Gasteiger partial charge in [0.1, 0.15) is 5.82 Å². The monoisotopic (exact) mass is 279 g/mol. The number of alkyl halides is 3. The third-order valence-corrected chi connectivity index (χ3v) is 2.86. The van der Waals surface area contributed by atoms with Crippen LogP contribution in [0.3, 0.4) is 0 Å². The molecule has 1 aromatic carbocycles. The van der Waals surface area contributed by atoms with Crippen molar-refractivity contribution in [2.75, 3.05) is 0 Å². The molecule has 19 heavy (non-hydrogen) atoms. The fraction of sp³-hybridized carbons (Fsp3) is 0.538. The fourth-order valence-corrected chi connectivity index (χ4v) is 1.69. The molecule has 0 saturated carbocycles. The molecule has 0 spiro atoms. The Morgan fingerprint density at radius 3 is 2.05 bits per heavy atom. The molecule has 2 nitrogen and oxygen atoms in total. The summed E-state index contributed by atoms with van der Waals surface area (Å²) in [4.78, 5) is 0. The van der Waals surface area contributed by atoms with Gasteiger partial charge >= 0.3 is 6.18 Å². The highest BCUT2D eigenvalue weighted by molar-refractivity contribution is 5.29. The Morgan fingerprint density at radius 1 is 1.11 bits per heavy atom. The molecule has 1 rings (SSSR count). The van der Waals surface area contributed by atoms with Crippen LogP contribution in [-0.2, 0) is 6.18 Å². The van der Waals surface area contributed by atoms with E-state index < -0.39 is 35.1 Å². The van der Waals surface area contributed by atoms with Crippen molar-refractivity contribution in [1.29, 1.82) is 0 Å². The van der Waals surface area contributed by atoms with E-state index in [9.17, 15) is 22.7 Å². The summed E-state index contributed by atoms with van der Waals surface area (Å²) in [6, 6.07) is 0.994. The second-order valence-corrected chi connectivity index (χ2v) is 5.61. The summed E-state index contributed by atoms with van der Waals surface area (Å²) >= 11 is 0. The number of aliphatic hydroxyl groups excluding tert-OH is 1. The normalized spacial score (nSPS) is 16.3. The van der Waals surface area contributed by atoms with Crippen LogP contribution in [0.5, 0.6) is 0 Å². The predicted molar refractivity (Wildman–Crippen MR) is 63.8 cm³/mol. The van der Waals surface area contributed by atoms with Crippen LogP contribution in [0.2, 0.25) is 0 Å². The Morgan fingerprint density at radius 2 is 1.63 bits per heavy atom. The number of benzene rings is 1. The van der Waals surface area contributed by atoms with E-state index in [0.717, 1.165) is 12.1 Å². The van der Waals surface area contributed by atoms with Crippen LogP contribution in [0.4, 0.5) is 17.6 Å². The number of rotatable bonds is 2. The van der Waals surface area contributed by atoms with E-state index in [0.29, 0.717) is 6.07 Å². The SMILES string of the molecule is CC(C)(C)[C@H](O)[C@H](N)c1cc(F)cc(C(F)(F)F)c1. The molecule has 0 aliphatic heterocycles. The standard InChI is InChI=1S/C13H17F4NO/c1-12(2,3)11(19)10(18)7-4-8(13(15,16)17)6-9(14)5-7/h4-6,10-11,19H,18H2,1-3H3/t10-,11-/m1/s1. The Hall–Kier alpha value is -1.14. The van der Waals surface area contributed by atoms with Gasteiger partial charge in [-0.2, -0.15) is 13.2 Å². The molecule has 0 saturated heterocycles. The lowest BCUT2D eigenvalue weighted by molar-refractivity contribution is -0.137. The number of hydrogen-bond donors (Lipinski definition) is 2. The number of halogens is 4. The number of hydrogen-bond acceptors (Lipinski definition) is 2. The molecule has 2 atom stereocenters. The zero-order valence-corrected chi connectivity index (χ0v) is 10.9. The first kappa shape index (κ1) is 15.9. The van der Waals surface area contributed by atoms with Crippen molar-refractivity contribution in [2.45, 2.75) is 39.1 Å². The minimum Gasteiger partial charge on any atom is -0.391 e. The molecule has 0 aliphatic carbocycles. The largest absolute Gasteiger partial charge is 0.416 e. The van der Waals surface area contributed by atoms with Gasteiger partial charge < -0.3 is 10.8 Å². The van der Waals surface area contributed by atoms with Crippen molar-refractivity contribution in [2.24, 2.45) is 11.1 Å². The highest BCUT2D eigenvalue weighted by Crippen LogP contribution is 2.34. The maximum Gasteiger partial charge on any atom is 0.416 e. The average Bonchev–Trinajstić information content (AvgIpc) is 2.23. The van der Waals surface area contributed by atoms with Gasteiger partial charge in [-0.15, -0.1) is 0 Å². The quantitative estimate of drug-likeness (QED) is 0.816. The van der Waals surface area contributed by atoms with E-state index in [-0.39, 0.29) is 5.56 Å². The van der Waals surface area contributed by atoms with Crippen molar-refractivity contribution in [3.8, 4) is 0 Å². The Kier molecular flexibility index (Phi) is 4.27. The van der Waals surface area contributed by atoms with Crippen molar-refractivity contribution in [3.05, 3.63) is 35.1 Å². The van der Waals surface area contributed by atoms with Crippen LogP contribution in [0.1, 0.15) is 37.9 Å². The second-order valence-electron chi connectivity index (χ2n) is 5.61. The molecule has 3 N–H and O–H groups in total. The Bertz CT molecular complexity index is 451. The summed E-state index contributed by atoms with van der Waals surface area (Å²) in [7, 11) is 0. The third kappa shape index (κ3) is 3.91. The molecule has 108 valence electrons. The molecule has 0 aromatic heterocycles. The molecule has 0 fully saturated rings. The van der Waals surface area contributed by atoms with Crippen LogP contribution in [-0.4, -0.2) is 11.2 Å².